The molecule has 0 aromatic carbocycles. The van der Waals surface area contributed by atoms with Crippen LogP contribution in [0, 0.1) is 36.3 Å². The Labute approximate surface area is 151 Å². The van der Waals surface area contributed by atoms with E-state index in [0.29, 0.717) is 5.57 Å². The van der Waals surface area contributed by atoms with Crippen molar-refractivity contribution in [3.8, 4) is 0 Å². The molecule has 1 N–H and O–H groups in total. The average Bonchev–Trinajstić information content (AvgIpc) is 2.24. The number of aliphatic hydroxyl groups excluding tert-OH is 1. The largest absolute Gasteiger partial charge is 3.00 e. The van der Waals surface area contributed by atoms with Crippen molar-refractivity contribution in [3.63, 3.8) is 0 Å². The molecule has 0 rings (SSSR count). The van der Waals surface area contributed by atoms with Crippen LogP contribution in [0.1, 0.15) is 55.4 Å². The number of hydrogen-bond acceptors (Lipinski definition) is 2. The summed E-state index contributed by atoms with van der Waals surface area (Å²) < 4.78 is 0. The van der Waals surface area contributed by atoms with Crippen molar-refractivity contribution in [2.24, 2.45) is 17.8 Å². The molecule has 0 saturated carbocycles. The van der Waals surface area contributed by atoms with Gasteiger partial charge >= 0.3 is 32.7 Å². The molecule has 0 aromatic heterocycles. The second kappa shape index (κ2) is 14.0. The van der Waals surface area contributed by atoms with Gasteiger partial charge in [-0.15, -0.1) is 11.8 Å². The summed E-state index contributed by atoms with van der Waals surface area (Å²) in [5, 5.41) is 9.62. The molecule has 0 atom stereocenters. The first-order valence-electron chi connectivity index (χ1n) is 6.91. The van der Waals surface area contributed by atoms with E-state index in [-0.39, 0.29) is 62.0 Å². The Morgan fingerprint density at radius 1 is 0.950 bits per heavy atom. The van der Waals surface area contributed by atoms with E-state index in [1.807, 2.05) is 61.8 Å². The van der Waals surface area contributed by atoms with E-state index < -0.39 is 0 Å². The summed E-state index contributed by atoms with van der Waals surface area (Å²) in [4.78, 5) is 11.9. The zero-order valence-electron chi connectivity index (χ0n) is 14.2. The third-order valence-corrected chi connectivity index (χ3v) is 1.91. The molecule has 0 aromatic rings. The van der Waals surface area contributed by atoms with Gasteiger partial charge < -0.3 is 16.3 Å². The van der Waals surface area contributed by atoms with Crippen LogP contribution in [0.2, 0.25) is 0 Å². The summed E-state index contributed by atoms with van der Waals surface area (Å²) in [5.41, 5.74) is 0.542. The Kier molecular flexibility index (Phi) is 17.5. The molecule has 0 radical (unpaired) electrons. The molecular weight excluding hydrogens is 325 g/mol. The van der Waals surface area contributed by atoms with E-state index in [1.54, 1.807) is 0 Å². The quantitative estimate of drug-likeness (QED) is 0.440. The standard InChI is InChI=1S/C14H22O2.C3H7.Y/c1-9(2)7-12(11(5)6)14(16)13(15)8-10(3)4;1-3-2;/h9-11,15H,1-6H3;3H,1-2H3;/q-2;-1;+3. The van der Waals surface area contributed by atoms with Gasteiger partial charge in [-0.2, -0.15) is 19.4 Å². The Morgan fingerprint density at radius 2 is 1.30 bits per heavy atom. The van der Waals surface area contributed by atoms with Gasteiger partial charge in [0.2, 0.25) is 0 Å². The fraction of sp³-hybridized carbons (Fsp3) is 0.647. The zero-order valence-corrected chi connectivity index (χ0v) is 17.1. The molecule has 0 aliphatic rings. The number of carbonyl (C=O) groups is 1. The Morgan fingerprint density at radius 3 is 1.55 bits per heavy atom. The first-order chi connectivity index (χ1) is 8.67. The molecule has 20 heavy (non-hydrogen) atoms. The van der Waals surface area contributed by atoms with Crippen LogP contribution in [0.15, 0.2) is 11.3 Å². The monoisotopic (exact) mass is 354 g/mol. The van der Waals surface area contributed by atoms with E-state index in [9.17, 15) is 9.90 Å². The van der Waals surface area contributed by atoms with Crippen molar-refractivity contribution < 1.29 is 42.6 Å². The molecule has 3 heteroatoms. The van der Waals surface area contributed by atoms with Crippen LogP contribution in [-0.4, -0.2) is 10.9 Å². The maximum absolute atomic E-state index is 11.9. The molecule has 0 fully saturated rings. The molecule has 0 bridgehead atoms. The topological polar surface area (TPSA) is 37.3 Å². The summed E-state index contributed by atoms with van der Waals surface area (Å²) in [6, 6.07) is 0. The van der Waals surface area contributed by atoms with E-state index in [0.717, 1.165) is 0 Å². The van der Waals surface area contributed by atoms with Gasteiger partial charge in [0.15, 0.2) is 0 Å². The van der Waals surface area contributed by atoms with E-state index in [4.69, 9.17) is 0 Å². The van der Waals surface area contributed by atoms with Crippen LogP contribution in [0.5, 0.6) is 0 Å². The van der Waals surface area contributed by atoms with Crippen molar-refractivity contribution in [1.29, 1.82) is 0 Å². The third kappa shape index (κ3) is 13.1. The normalized spacial score (nSPS) is 12.2. The van der Waals surface area contributed by atoms with Crippen molar-refractivity contribution >= 4 is 5.78 Å². The maximum atomic E-state index is 11.9. The molecular formula is C17H29O2Y. The summed E-state index contributed by atoms with van der Waals surface area (Å²) in [6.45, 7) is 15.5. The van der Waals surface area contributed by atoms with E-state index >= 15 is 0 Å². The number of allylic oxidation sites excluding steroid dienone is 3. The maximum Gasteiger partial charge on any atom is 3.00 e. The van der Waals surface area contributed by atoms with Gasteiger partial charge in [-0.3, -0.25) is 6.08 Å². The Hall–Kier alpha value is 0.0539. The van der Waals surface area contributed by atoms with Crippen molar-refractivity contribution in [3.05, 3.63) is 29.9 Å². The first-order valence-corrected chi connectivity index (χ1v) is 6.91. The van der Waals surface area contributed by atoms with Crippen LogP contribution >= 0.6 is 0 Å². The SMILES string of the molecule is CC(C)[C-]=C(O)C(=O)C(=[C-]C(C)C)C(C)C.C[CH-]C.[Y+3]. The van der Waals surface area contributed by atoms with Gasteiger partial charge in [0.05, 0.1) is 0 Å². The second-order valence-electron chi connectivity index (χ2n) is 5.42. The van der Waals surface area contributed by atoms with Gasteiger partial charge in [0.1, 0.15) is 0 Å². The number of ketones is 1. The number of rotatable bonds is 5. The van der Waals surface area contributed by atoms with Crippen LogP contribution < -0.4 is 0 Å². The minimum absolute atomic E-state index is 0. The van der Waals surface area contributed by atoms with Crippen molar-refractivity contribution in [2.45, 2.75) is 55.4 Å². The number of aliphatic hydroxyl groups is 1. The first kappa shape index (κ1) is 25.0. The Balaban J connectivity index is -0.000000657. The van der Waals surface area contributed by atoms with Crippen molar-refractivity contribution in [2.75, 3.05) is 0 Å². The minimum atomic E-state index is -0.350. The molecule has 0 unspecified atom stereocenters. The van der Waals surface area contributed by atoms with Crippen molar-refractivity contribution in [1.82, 2.24) is 0 Å². The van der Waals surface area contributed by atoms with Gasteiger partial charge in [0.25, 0.3) is 0 Å². The van der Waals surface area contributed by atoms with Gasteiger partial charge in [-0.05, 0) is 5.76 Å². The zero-order chi connectivity index (χ0) is 15.6. The molecule has 0 aliphatic heterocycles. The summed E-state index contributed by atoms with van der Waals surface area (Å²) >= 11 is 0. The smallest absolute Gasteiger partial charge is 0.543 e. The summed E-state index contributed by atoms with van der Waals surface area (Å²) in [6.07, 6.45) is 7.79. The average molecular weight is 354 g/mol. The van der Waals surface area contributed by atoms with Crippen LogP contribution in [-0.2, 0) is 37.5 Å². The molecule has 0 saturated heterocycles. The number of Topliss-reactive ketones (excluding diaryl/α,β-unsaturated/α-hetero) is 1. The fourth-order valence-corrected chi connectivity index (χ4v) is 1.27. The molecule has 0 spiro atoms. The van der Waals surface area contributed by atoms with Gasteiger partial charge in [0, 0.05) is 5.78 Å². The summed E-state index contributed by atoms with van der Waals surface area (Å²) in [5.74, 6) is -0.361. The fourth-order valence-electron chi connectivity index (χ4n) is 1.27. The number of carbonyl (C=O) groups excluding carboxylic acids is 1. The van der Waals surface area contributed by atoms with Crippen LogP contribution in [0.3, 0.4) is 0 Å². The summed E-state index contributed by atoms with van der Waals surface area (Å²) in [7, 11) is 0. The van der Waals surface area contributed by atoms with Crippen LogP contribution in [0.4, 0.5) is 0 Å². The molecule has 2 nitrogen and oxygen atoms in total. The minimum Gasteiger partial charge on any atom is -0.543 e. The van der Waals surface area contributed by atoms with E-state index in [2.05, 4.69) is 12.2 Å². The molecule has 112 valence electrons. The number of hydrogen-bond donors (Lipinski definition) is 1. The molecule has 0 aliphatic carbocycles. The van der Waals surface area contributed by atoms with Crippen LogP contribution in [0.25, 0.3) is 0 Å². The van der Waals surface area contributed by atoms with Gasteiger partial charge in [-0.25, -0.2) is 6.08 Å². The third-order valence-electron chi connectivity index (χ3n) is 1.91. The van der Waals surface area contributed by atoms with Gasteiger partial charge in [-0.1, -0.05) is 47.5 Å². The van der Waals surface area contributed by atoms with E-state index in [1.165, 1.54) is 0 Å². The molecule has 0 heterocycles. The Bertz CT molecular complexity index is 313. The predicted molar refractivity (Wildman–Crippen MR) is 81.3 cm³/mol. The predicted octanol–water partition coefficient (Wildman–Crippen LogP) is 4.73. The second-order valence-corrected chi connectivity index (χ2v) is 5.42. The molecule has 0 amide bonds.